The monoisotopic (exact) mass is 255 g/mol. The van der Waals surface area contributed by atoms with Gasteiger partial charge in [-0.2, -0.15) is 0 Å². The standard InChI is InChI=1S/C16H33NO/c1-5-16(18,6-2)11-15(12-17)9-7-14(8-10-15)13(3)4/h13-14,18H,5-12,17H2,1-4H3. The highest BCUT2D eigenvalue weighted by Crippen LogP contribution is 2.46. The molecule has 1 rings (SSSR count). The summed E-state index contributed by atoms with van der Waals surface area (Å²) >= 11 is 0. The van der Waals surface area contributed by atoms with Crippen molar-refractivity contribution in [1.82, 2.24) is 0 Å². The predicted octanol–water partition coefficient (Wildman–Crippen LogP) is 3.72. The Labute approximate surface area is 113 Å². The fraction of sp³-hybridized carbons (Fsp3) is 1.00. The number of hydrogen-bond donors (Lipinski definition) is 2. The van der Waals surface area contributed by atoms with E-state index in [1.165, 1.54) is 25.7 Å². The minimum Gasteiger partial charge on any atom is -0.390 e. The van der Waals surface area contributed by atoms with Crippen LogP contribution in [-0.4, -0.2) is 17.3 Å². The highest BCUT2D eigenvalue weighted by atomic mass is 16.3. The van der Waals surface area contributed by atoms with Gasteiger partial charge in [-0.1, -0.05) is 27.7 Å². The summed E-state index contributed by atoms with van der Waals surface area (Å²) in [6, 6.07) is 0. The van der Waals surface area contributed by atoms with Gasteiger partial charge in [-0.05, 0) is 68.7 Å². The molecule has 0 aromatic heterocycles. The highest BCUT2D eigenvalue weighted by molar-refractivity contribution is 4.93. The lowest BCUT2D eigenvalue weighted by Gasteiger charge is -2.45. The summed E-state index contributed by atoms with van der Waals surface area (Å²) in [6.45, 7) is 9.57. The van der Waals surface area contributed by atoms with E-state index in [-0.39, 0.29) is 5.41 Å². The molecular weight excluding hydrogens is 222 g/mol. The Kier molecular flexibility index (Phi) is 5.67. The van der Waals surface area contributed by atoms with Gasteiger partial charge in [-0.15, -0.1) is 0 Å². The molecule has 2 heteroatoms. The molecule has 0 aromatic carbocycles. The van der Waals surface area contributed by atoms with Crippen molar-refractivity contribution in [2.24, 2.45) is 23.0 Å². The van der Waals surface area contributed by atoms with Gasteiger partial charge in [-0.3, -0.25) is 0 Å². The zero-order valence-corrected chi connectivity index (χ0v) is 12.8. The van der Waals surface area contributed by atoms with Crippen LogP contribution in [0.5, 0.6) is 0 Å². The number of rotatable bonds is 6. The molecule has 0 aliphatic heterocycles. The number of hydrogen-bond acceptors (Lipinski definition) is 2. The molecule has 0 bridgehead atoms. The lowest BCUT2D eigenvalue weighted by atomic mass is 9.63. The summed E-state index contributed by atoms with van der Waals surface area (Å²) in [7, 11) is 0. The van der Waals surface area contributed by atoms with Crippen molar-refractivity contribution < 1.29 is 5.11 Å². The van der Waals surface area contributed by atoms with Crippen LogP contribution in [0.2, 0.25) is 0 Å². The minimum atomic E-state index is -0.496. The van der Waals surface area contributed by atoms with E-state index in [1.807, 2.05) is 0 Å². The van der Waals surface area contributed by atoms with Crippen LogP contribution >= 0.6 is 0 Å². The molecular formula is C16H33NO. The summed E-state index contributed by atoms with van der Waals surface area (Å²) in [4.78, 5) is 0. The molecule has 108 valence electrons. The lowest BCUT2D eigenvalue weighted by molar-refractivity contribution is -0.0327. The van der Waals surface area contributed by atoms with E-state index in [2.05, 4.69) is 27.7 Å². The Morgan fingerprint density at radius 2 is 1.72 bits per heavy atom. The second-order valence-corrected chi connectivity index (χ2v) is 6.89. The van der Waals surface area contributed by atoms with Crippen LogP contribution in [0.15, 0.2) is 0 Å². The molecule has 1 aliphatic rings. The van der Waals surface area contributed by atoms with Crippen molar-refractivity contribution in [3.8, 4) is 0 Å². The van der Waals surface area contributed by atoms with Gasteiger partial charge in [0.05, 0.1) is 5.60 Å². The Morgan fingerprint density at radius 1 is 1.22 bits per heavy atom. The molecule has 1 aliphatic carbocycles. The van der Waals surface area contributed by atoms with E-state index < -0.39 is 5.60 Å². The van der Waals surface area contributed by atoms with Gasteiger partial charge in [0.15, 0.2) is 0 Å². The van der Waals surface area contributed by atoms with E-state index in [9.17, 15) is 5.11 Å². The molecule has 0 aromatic rings. The van der Waals surface area contributed by atoms with Gasteiger partial charge in [0.1, 0.15) is 0 Å². The van der Waals surface area contributed by atoms with Crippen molar-refractivity contribution in [1.29, 1.82) is 0 Å². The second-order valence-electron chi connectivity index (χ2n) is 6.89. The van der Waals surface area contributed by atoms with Crippen LogP contribution in [-0.2, 0) is 0 Å². The van der Waals surface area contributed by atoms with Crippen molar-refractivity contribution >= 4 is 0 Å². The number of nitrogens with two attached hydrogens (primary N) is 1. The molecule has 0 unspecified atom stereocenters. The normalized spacial score (nSPS) is 29.8. The summed E-state index contributed by atoms with van der Waals surface area (Å²) in [5.41, 5.74) is 5.77. The first-order chi connectivity index (χ1) is 8.40. The van der Waals surface area contributed by atoms with E-state index in [0.29, 0.717) is 0 Å². The van der Waals surface area contributed by atoms with Crippen LogP contribution in [0.1, 0.15) is 72.6 Å². The Morgan fingerprint density at radius 3 is 2.06 bits per heavy atom. The zero-order valence-electron chi connectivity index (χ0n) is 12.8. The molecule has 0 saturated heterocycles. The van der Waals surface area contributed by atoms with Crippen LogP contribution in [0.25, 0.3) is 0 Å². The van der Waals surface area contributed by atoms with Gasteiger partial charge in [0.25, 0.3) is 0 Å². The molecule has 1 saturated carbocycles. The molecule has 18 heavy (non-hydrogen) atoms. The van der Waals surface area contributed by atoms with Crippen molar-refractivity contribution in [3.05, 3.63) is 0 Å². The third-order valence-corrected chi connectivity index (χ3v) is 5.49. The van der Waals surface area contributed by atoms with Crippen molar-refractivity contribution in [3.63, 3.8) is 0 Å². The minimum absolute atomic E-state index is 0.201. The highest BCUT2D eigenvalue weighted by Gasteiger charge is 2.40. The maximum Gasteiger partial charge on any atom is 0.0648 e. The molecule has 0 radical (unpaired) electrons. The SMILES string of the molecule is CCC(O)(CC)CC1(CN)CCC(C(C)C)CC1. The topological polar surface area (TPSA) is 46.2 Å². The Bertz CT molecular complexity index is 237. The summed E-state index contributed by atoms with van der Waals surface area (Å²) in [5.74, 6) is 1.65. The van der Waals surface area contributed by atoms with Crippen LogP contribution in [0, 0.1) is 17.3 Å². The summed E-state index contributed by atoms with van der Waals surface area (Å²) in [5, 5.41) is 10.6. The van der Waals surface area contributed by atoms with Gasteiger partial charge < -0.3 is 10.8 Å². The third-order valence-electron chi connectivity index (χ3n) is 5.49. The van der Waals surface area contributed by atoms with Gasteiger partial charge in [-0.25, -0.2) is 0 Å². The Balaban J connectivity index is 2.66. The first-order valence-electron chi connectivity index (χ1n) is 7.83. The third kappa shape index (κ3) is 3.71. The lowest BCUT2D eigenvalue weighted by Crippen LogP contribution is -2.43. The molecule has 0 atom stereocenters. The van der Waals surface area contributed by atoms with E-state index in [4.69, 9.17) is 5.73 Å². The fourth-order valence-electron chi connectivity index (χ4n) is 3.57. The number of aliphatic hydroxyl groups is 1. The van der Waals surface area contributed by atoms with E-state index in [0.717, 1.165) is 37.6 Å². The van der Waals surface area contributed by atoms with Crippen LogP contribution in [0.3, 0.4) is 0 Å². The fourth-order valence-corrected chi connectivity index (χ4v) is 3.57. The summed E-state index contributed by atoms with van der Waals surface area (Å²) < 4.78 is 0. The molecule has 0 spiro atoms. The van der Waals surface area contributed by atoms with E-state index >= 15 is 0 Å². The Hall–Kier alpha value is -0.0800. The second kappa shape index (κ2) is 6.38. The zero-order chi connectivity index (χ0) is 13.8. The van der Waals surface area contributed by atoms with Crippen molar-refractivity contribution in [2.45, 2.75) is 78.2 Å². The largest absolute Gasteiger partial charge is 0.390 e. The molecule has 1 fully saturated rings. The smallest absolute Gasteiger partial charge is 0.0648 e. The quantitative estimate of drug-likeness (QED) is 0.760. The first kappa shape index (κ1) is 16.0. The van der Waals surface area contributed by atoms with E-state index in [1.54, 1.807) is 0 Å². The maximum absolute atomic E-state index is 10.6. The first-order valence-corrected chi connectivity index (χ1v) is 7.83. The molecule has 0 amide bonds. The van der Waals surface area contributed by atoms with Crippen LogP contribution < -0.4 is 5.73 Å². The summed E-state index contributed by atoms with van der Waals surface area (Å²) in [6.07, 6.45) is 7.58. The molecule has 3 N–H and O–H groups in total. The molecule has 2 nitrogen and oxygen atoms in total. The van der Waals surface area contributed by atoms with Gasteiger partial charge in [0.2, 0.25) is 0 Å². The van der Waals surface area contributed by atoms with Crippen LogP contribution in [0.4, 0.5) is 0 Å². The average molecular weight is 255 g/mol. The maximum atomic E-state index is 10.6. The van der Waals surface area contributed by atoms with Gasteiger partial charge in [0, 0.05) is 0 Å². The molecule has 0 heterocycles. The van der Waals surface area contributed by atoms with Crippen molar-refractivity contribution in [2.75, 3.05) is 6.54 Å². The predicted molar refractivity (Wildman–Crippen MR) is 78.4 cm³/mol. The average Bonchev–Trinajstić information content (AvgIpc) is 2.39. The van der Waals surface area contributed by atoms with Gasteiger partial charge >= 0.3 is 0 Å².